The zero-order valence-corrected chi connectivity index (χ0v) is 13.1. The van der Waals surface area contributed by atoms with Crippen molar-refractivity contribution < 1.29 is 4.74 Å². The number of ether oxygens (including phenoxy) is 1. The maximum atomic E-state index is 5.72. The molecule has 0 amide bonds. The second kappa shape index (κ2) is 8.32. The summed E-state index contributed by atoms with van der Waals surface area (Å²) in [5.74, 6) is 1.76. The van der Waals surface area contributed by atoms with Gasteiger partial charge in [0.05, 0.1) is 6.10 Å². The molecule has 0 aromatic carbocycles. The van der Waals surface area contributed by atoms with Gasteiger partial charge in [-0.25, -0.2) is 9.97 Å². The van der Waals surface area contributed by atoms with Crippen LogP contribution in [0.2, 0.25) is 0 Å². The molecule has 1 unspecified atom stereocenters. The van der Waals surface area contributed by atoms with Gasteiger partial charge < -0.3 is 15.4 Å². The van der Waals surface area contributed by atoms with Crippen LogP contribution in [-0.2, 0) is 4.74 Å². The van der Waals surface area contributed by atoms with Crippen LogP contribution in [0, 0.1) is 0 Å². The van der Waals surface area contributed by atoms with Gasteiger partial charge in [0, 0.05) is 25.8 Å². The molecule has 1 aliphatic rings. The molecule has 2 heterocycles. The van der Waals surface area contributed by atoms with Gasteiger partial charge >= 0.3 is 0 Å². The largest absolute Gasteiger partial charge is 0.376 e. The second-order valence-electron chi connectivity index (χ2n) is 4.92. The van der Waals surface area contributed by atoms with Gasteiger partial charge in [-0.3, -0.25) is 0 Å². The molecule has 2 rings (SSSR count). The fourth-order valence-corrected chi connectivity index (χ4v) is 2.52. The second-order valence-corrected chi connectivity index (χ2v) is 5.69. The molecule has 1 aromatic rings. The summed E-state index contributed by atoms with van der Waals surface area (Å²) in [7, 11) is 0. The third-order valence-electron chi connectivity index (χ3n) is 3.23. The van der Waals surface area contributed by atoms with E-state index in [1.165, 1.54) is 12.8 Å². The van der Waals surface area contributed by atoms with Gasteiger partial charge in [-0.05, 0) is 31.9 Å². The molecule has 1 aromatic heterocycles. The molecule has 1 saturated heterocycles. The van der Waals surface area contributed by atoms with E-state index in [9.17, 15) is 0 Å². The Morgan fingerprint density at radius 1 is 1.30 bits per heavy atom. The summed E-state index contributed by atoms with van der Waals surface area (Å²) in [5.41, 5.74) is 0. The summed E-state index contributed by atoms with van der Waals surface area (Å²) >= 11 is 1.56. The van der Waals surface area contributed by atoms with Crippen LogP contribution in [0.25, 0.3) is 0 Å². The first-order chi connectivity index (χ1) is 9.81. The van der Waals surface area contributed by atoms with Crippen LogP contribution in [0.4, 0.5) is 11.6 Å². The van der Waals surface area contributed by atoms with Crippen LogP contribution < -0.4 is 10.6 Å². The molecule has 2 N–H and O–H groups in total. The van der Waals surface area contributed by atoms with Crippen molar-refractivity contribution >= 4 is 23.4 Å². The maximum Gasteiger partial charge on any atom is 0.191 e. The van der Waals surface area contributed by atoms with Gasteiger partial charge in [0.15, 0.2) is 5.16 Å². The molecule has 1 atom stereocenters. The Kier molecular flexibility index (Phi) is 6.39. The van der Waals surface area contributed by atoms with E-state index in [2.05, 4.69) is 27.5 Å². The number of thioether (sulfide) groups is 1. The fourth-order valence-electron chi connectivity index (χ4n) is 2.14. The predicted molar refractivity (Wildman–Crippen MR) is 84.7 cm³/mol. The van der Waals surface area contributed by atoms with E-state index in [1.807, 2.05) is 12.3 Å². The number of hydrogen-bond acceptors (Lipinski definition) is 6. The number of aromatic nitrogens is 2. The molecular weight excluding hydrogens is 272 g/mol. The lowest BCUT2D eigenvalue weighted by molar-refractivity contribution is 0.0247. The monoisotopic (exact) mass is 296 g/mol. The molecule has 1 fully saturated rings. The summed E-state index contributed by atoms with van der Waals surface area (Å²) in [6, 6.07) is 1.97. The van der Waals surface area contributed by atoms with E-state index in [4.69, 9.17) is 4.74 Å². The average Bonchev–Trinajstić information content (AvgIpc) is 2.51. The zero-order chi connectivity index (χ0) is 14.2. The topological polar surface area (TPSA) is 59.1 Å². The SMILES string of the molecule is CCCNc1cc(NCC2CCCCO2)nc(SC)n1. The van der Waals surface area contributed by atoms with E-state index in [0.717, 1.165) is 49.3 Å². The molecular formula is C14H24N4OS. The molecule has 6 heteroatoms. The molecule has 1 aliphatic heterocycles. The van der Waals surface area contributed by atoms with Crippen molar-refractivity contribution in [3.05, 3.63) is 6.07 Å². The van der Waals surface area contributed by atoms with Gasteiger partial charge in [-0.1, -0.05) is 18.7 Å². The highest BCUT2D eigenvalue weighted by atomic mass is 32.2. The smallest absolute Gasteiger partial charge is 0.191 e. The average molecular weight is 296 g/mol. The van der Waals surface area contributed by atoms with Crippen molar-refractivity contribution in [3.63, 3.8) is 0 Å². The van der Waals surface area contributed by atoms with Gasteiger partial charge in [0.1, 0.15) is 11.6 Å². The lowest BCUT2D eigenvalue weighted by atomic mass is 10.1. The number of rotatable bonds is 7. The predicted octanol–water partition coefficient (Wildman–Crippen LogP) is 3.00. The Labute approximate surface area is 125 Å². The van der Waals surface area contributed by atoms with Gasteiger partial charge in [-0.15, -0.1) is 0 Å². The lowest BCUT2D eigenvalue weighted by Crippen LogP contribution is -2.27. The first kappa shape index (κ1) is 15.4. The molecule has 0 saturated carbocycles. The number of hydrogen-bond donors (Lipinski definition) is 2. The fraction of sp³-hybridized carbons (Fsp3) is 0.714. The zero-order valence-electron chi connectivity index (χ0n) is 12.3. The summed E-state index contributed by atoms with van der Waals surface area (Å²) < 4.78 is 5.72. The van der Waals surface area contributed by atoms with Gasteiger partial charge in [0.25, 0.3) is 0 Å². The molecule has 0 spiro atoms. The van der Waals surface area contributed by atoms with E-state index >= 15 is 0 Å². The van der Waals surface area contributed by atoms with E-state index in [1.54, 1.807) is 11.8 Å². The minimum Gasteiger partial charge on any atom is -0.376 e. The highest BCUT2D eigenvalue weighted by Gasteiger charge is 2.14. The summed E-state index contributed by atoms with van der Waals surface area (Å²) in [5, 5.41) is 7.48. The Hall–Kier alpha value is -1.01. The first-order valence-corrected chi connectivity index (χ1v) is 8.56. The van der Waals surface area contributed by atoms with Crippen molar-refractivity contribution in [3.8, 4) is 0 Å². The van der Waals surface area contributed by atoms with Crippen molar-refractivity contribution in [2.75, 3.05) is 36.6 Å². The number of anilines is 2. The third-order valence-corrected chi connectivity index (χ3v) is 3.78. The van der Waals surface area contributed by atoms with Crippen molar-refractivity contribution in [2.45, 2.75) is 43.9 Å². The van der Waals surface area contributed by atoms with Gasteiger partial charge in [0.2, 0.25) is 0 Å². The van der Waals surface area contributed by atoms with Crippen LogP contribution in [0.3, 0.4) is 0 Å². The quantitative estimate of drug-likeness (QED) is 0.596. The minimum atomic E-state index is 0.309. The van der Waals surface area contributed by atoms with Gasteiger partial charge in [-0.2, -0.15) is 0 Å². The molecule has 0 aliphatic carbocycles. The van der Waals surface area contributed by atoms with Crippen LogP contribution in [0.1, 0.15) is 32.6 Å². The van der Waals surface area contributed by atoms with E-state index in [-0.39, 0.29) is 0 Å². The normalized spacial score (nSPS) is 18.8. The Balaban J connectivity index is 1.94. The molecule has 5 nitrogen and oxygen atoms in total. The molecule has 112 valence electrons. The molecule has 20 heavy (non-hydrogen) atoms. The number of nitrogens with one attached hydrogen (secondary N) is 2. The van der Waals surface area contributed by atoms with E-state index < -0.39 is 0 Å². The number of nitrogens with zero attached hydrogens (tertiary/aromatic N) is 2. The summed E-state index contributed by atoms with van der Waals surface area (Å²) in [6.45, 7) is 4.77. The van der Waals surface area contributed by atoms with Crippen LogP contribution in [0.15, 0.2) is 11.2 Å². The van der Waals surface area contributed by atoms with Crippen LogP contribution in [0.5, 0.6) is 0 Å². The van der Waals surface area contributed by atoms with Crippen molar-refractivity contribution in [2.24, 2.45) is 0 Å². The summed E-state index contributed by atoms with van der Waals surface area (Å²) in [6.07, 6.45) is 6.96. The van der Waals surface area contributed by atoms with Crippen molar-refractivity contribution in [1.82, 2.24) is 9.97 Å². The van der Waals surface area contributed by atoms with Crippen LogP contribution in [-0.4, -0.2) is 42.0 Å². The highest BCUT2D eigenvalue weighted by molar-refractivity contribution is 7.98. The Morgan fingerprint density at radius 2 is 2.10 bits per heavy atom. The lowest BCUT2D eigenvalue weighted by Gasteiger charge is -2.23. The molecule has 0 radical (unpaired) electrons. The molecule has 0 bridgehead atoms. The minimum absolute atomic E-state index is 0.309. The third kappa shape index (κ3) is 4.83. The first-order valence-electron chi connectivity index (χ1n) is 7.34. The van der Waals surface area contributed by atoms with Crippen molar-refractivity contribution in [1.29, 1.82) is 0 Å². The summed E-state index contributed by atoms with van der Waals surface area (Å²) in [4.78, 5) is 8.94. The standard InChI is InChI=1S/C14H24N4OS/c1-3-7-15-12-9-13(18-14(17-12)20-2)16-10-11-6-4-5-8-19-11/h9,11H,3-8,10H2,1-2H3,(H2,15,16,17,18). The van der Waals surface area contributed by atoms with Crippen LogP contribution >= 0.6 is 11.8 Å². The Morgan fingerprint density at radius 3 is 2.75 bits per heavy atom. The Bertz CT molecular complexity index is 410. The van der Waals surface area contributed by atoms with E-state index in [0.29, 0.717) is 6.10 Å². The highest BCUT2D eigenvalue weighted by Crippen LogP contribution is 2.18. The maximum absolute atomic E-state index is 5.72.